The normalized spacial score (nSPS) is 13.3. The van der Waals surface area contributed by atoms with Crippen LogP contribution in [0.5, 0.6) is 0 Å². The molecule has 0 unspecified atom stereocenters. The van der Waals surface area contributed by atoms with Crippen molar-refractivity contribution in [1.82, 2.24) is 4.90 Å². The van der Waals surface area contributed by atoms with Crippen LogP contribution in [0.1, 0.15) is 37.3 Å². The van der Waals surface area contributed by atoms with E-state index in [2.05, 4.69) is 40.9 Å². The summed E-state index contributed by atoms with van der Waals surface area (Å²) in [6.45, 7) is 4.20. The monoisotopic (exact) mass is 443 g/mol. The lowest BCUT2D eigenvalue weighted by Crippen LogP contribution is -2.26. The molecule has 0 N–H and O–H groups in total. The number of ether oxygens (including phenoxy) is 1. The molecule has 1 aliphatic carbocycles. The van der Waals surface area contributed by atoms with Crippen LogP contribution < -0.4 is 0 Å². The molecule has 30 heavy (non-hydrogen) atoms. The fourth-order valence-electron chi connectivity index (χ4n) is 3.26. The van der Waals surface area contributed by atoms with Gasteiger partial charge < -0.3 is 15.2 Å². The van der Waals surface area contributed by atoms with Gasteiger partial charge in [0, 0.05) is 13.1 Å². The van der Waals surface area contributed by atoms with Gasteiger partial charge in [0.1, 0.15) is 17.2 Å². The smallest absolute Gasteiger partial charge is 0.318 e. The van der Waals surface area contributed by atoms with Crippen molar-refractivity contribution in [2.45, 2.75) is 39.3 Å². The van der Waals surface area contributed by atoms with Crippen molar-refractivity contribution in [3.63, 3.8) is 0 Å². The predicted molar refractivity (Wildman–Crippen MR) is 124 cm³/mol. The average molecular weight is 444 g/mol. The maximum absolute atomic E-state index is 9.32. The highest BCUT2D eigenvalue weighted by Crippen LogP contribution is 2.29. The van der Waals surface area contributed by atoms with Gasteiger partial charge in [-0.3, -0.25) is 0 Å². The number of allylic oxidation sites excluding steroid dienone is 3. The van der Waals surface area contributed by atoms with Gasteiger partial charge in [-0.1, -0.05) is 85.6 Å². The van der Waals surface area contributed by atoms with Crippen LogP contribution in [0, 0.1) is 0 Å². The van der Waals surface area contributed by atoms with Crippen LogP contribution in [0.2, 0.25) is 0 Å². The van der Waals surface area contributed by atoms with Gasteiger partial charge >= 0.3 is 5.71 Å². The van der Waals surface area contributed by atoms with Crippen molar-refractivity contribution in [3.8, 4) is 0 Å². The molecule has 0 heterocycles. The topological polar surface area (TPSA) is 48.9 Å². The number of nitrogens with zero attached hydrogens (tertiary/aromatic N) is 3. The van der Waals surface area contributed by atoms with Crippen molar-refractivity contribution < 1.29 is 9.53 Å². The lowest BCUT2D eigenvalue weighted by atomic mass is 10.0. The molecule has 4 nitrogen and oxygen atoms in total. The first-order valence-electron chi connectivity index (χ1n) is 9.98. The molecule has 0 saturated carbocycles. The van der Waals surface area contributed by atoms with E-state index in [0.29, 0.717) is 23.8 Å². The minimum Gasteiger partial charge on any atom is -0.495 e. The number of unbranched alkanes of at least 4 members (excludes halogenated alkanes) is 1. The zero-order chi connectivity index (χ0) is 20.5. The molecule has 0 spiro atoms. The third-order valence-electron chi connectivity index (χ3n) is 4.82. The van der Waals surface area contributed by atoms with Crippen LogP contribution >= 0.6 is 24.0 Å². The second kappa shape index (κ2) is 12.2. The number of hydrogen-bond donors (Lipinski definition) is 0. The first-order valence-corrected chi connectivity index (χ1v) is 10.4. The van der Waals surface area contributed by atoms with Crippen LogP contribution in [0.3, 0.4) is 0 Å². The lowest BCUT2D eigenvalue weighted by molar-refractivity contribution is -0.00761. The third kappa shape index (κ3) is 6.50. The quantitative estimate of drug-likeness (QED) is 0.258. The number of rotatable bonds is 9. The Morgan fingerprint density at radius 2 is 1.57 bits per heavy atom. The fourth-order valence-corrected chi connectivity index (χ4v) is 3.47. The second-order valence-corrected chi connectivity index (χ2v) is 7.46. The van der Waals surface area contributed by atoms with E-state index in [-0.39, 0.29) is 12.4 Å². The van der Waals surface area contributed by atoms with Crippen LogP contribution in [0.15, 0.2) is 83.2 Å². The molecular formula is C24H27Cl2N3O. The summed E-state index contributed by atoms with van der Waals surface area (Å²) in [6.07, 6.45) is 4.26. The first-order chi connectivity index (χ1) is 14.2. The van der Waals surface area contributed by atoms with Crippen molar-refractivity contribution >= 4 is 29.7 Å². The van der Waals surface area contributed by atoms with Gasteiger partial charge in [-0.2, -0.15) is 4.79 Å². The summed E-state index contributed by atoms with van der Waals surface area (Å²) in [5.74, 6) is 0.794. The summed E-state index contributed by atoms with van der Waals surface area (Å²) in [5.41, 5.74) is 13.1. The Morgan fingerprint density at radius 3 is 2.07 bits per heavy atom. The summed E-state index contributed by atoms with van der Waals surface area (Å²) >= 11 is 6.41. The molecule has 0 aliphatic heterocycles. The van der Waals surface area contributed by atoms with Crippen molar-refractivity contribution in [2.24, 2.45) is 0 Å². The zero-order valence-electron chi connectivity index (χ0n) is 17.1. The SMILES string of the molecule is CCCCOC1=C(N(Cc2ccccc2)Cc2ccccc2)C=C(Cl)C(=[N+]=[N-])C1.Cl. The van der Waals surface area contributed by atoms with Crippen molar-refractivity contribution in [1.29, 1.82) is 0 Å². The summed E-state index contributed by atoms with van der Waals surface area (Å²) < 4.78 is 6.12. The Morgan fingerprint density at radius 1 is 1.00 bits per heavy atom. The van der Waals surface area contributed by atoms with Crippen molar-refractivity contribution in [3.05, 3.63) is 99.9 Å². The van der Waals surface area contributed by atoms with E-state index in [4.69, 9.17) is 16.3 Å². The highest BCUT2D eigenvalue weighted by molar-refractivity contribution is 6.43. The molecule has 2 aromatic rings. The minimum atomic E-state index is 0. The van der Waals surface area contributed by atoms with E-state index in [1.807, 2.05) is 42.5 Å². The Bertz CT molecular complexity index is 878. The van der Waals surface area contributed by atoms with Crippen molar-refractivity contribution in [2.75, 3.05) is 6.61 Å². The van der Waals surface area contributed by atoms with Gasteiger partial charge in [0.2, 0.25) is 0 Å². The Hall–Kier alpha value is -2.52. The molecule has 1 aliphatic rings. The molecule has 3 rings (SSSR count). The van der Waals surface area contributed by atoms with Crippen LogP contribution in [0.4, 0.5) is 0 Å². The summed E-state index contributed by atoms with van der Waals surface area (Å²) in [5, 5.41) is 0.441. The van der Waals surface area contributed by atoms with E-state index in [1.165, 1.54) is 11.1 Å². The number of hydrogen-bond acceptors (Lipinski definition) is 2. The van der Waals surface area contributed by atoms with E-state index in [1.54, 1.807) is 0 Å². The average Bonchev–Trinajstić information content (AvgIpc) is 2.75. The Labute approximate surface area is 189 Å². The van der Waals surface area contributed by atoms with Gasteiger partial charge in [-0.05, 0) is 23.6 Å². The van der Waals surface area contributed by atoms with Crippen LogP contribution in [0.25, 0.3) is 5.53 Å². The second-order valence-electron chi connectivity index (χ2n) is 7.05. The van der Waals surface area contributed by atoms with E-state index >= 15 is 0 Å². The maximum atomic E-state index is 9.32. The molecule has 6 heteroatoms. The molecule has 0 fully saturated rings. The zero-order valence-corrected chi connectivity index (χ0v) is 18.7. The largest absolute Gasteiger partial charge is 0.495 e. The predicted octanol–water partition coefficient (Wildman–Crippen LogP) is 6.34. The third-order valence-corrected chi connectivity index (χ3v) is 5.15. The fraction of sp³-hybridized carbons (Fsp3) is 0.292. The van der Waals surface area contributed by atoms with E-state index in [9.17, 15) is 5.53 Å². The number of halogens is 2. The van der Waals surface area contributed by atoms with Gasteiger partial charge in [-0.15, -0.1) is 12.4 Å². The Balaban J connectivity index is 0.00000320. The van der Waals surface area contributed by atoms with E-state index < -0.39 is 0 Å². The lowest BCUT2D eigenvalue weighted by Gasteiger charge is -2.30. The molecule has 0 amide bonds. The molecule has 0 atom stereocenters. The van der Waals surface area contributed by atoms with E-state index in [0.717, 1.165) is 37.4 Å². The van der Waals surface area contributed by atoms with Crippen LogP contribution in [-0.2, 0) is 17.8 Å². The molecule has 0 saturated heterocycles. The highest BCUT2D eigenvalue weighted by atomic mass is 35.5. The first kappa shape index (κ1) is 23.8. The van der Waals surface area contributed by atoms with Gasteiger partial charge in [0.05, 0.1) is 12.3 Å². The Kier molecular flexibility index (Phi) is 9.69. The molecular weight excluding hydrogens is 417 g/mol. The summed E-state index contributed by atoms with van der Waals surface area (Å²) in [4.78, 5) is 5.62. The standard InChI is InChI=1S/C24H26ClN3O.ClH/c1-2-3-14-29-24-16-22(27-26)21(25)15-23(24)28(17-19-10-6-4-7-11-19)18-20-12-8-5-9-13-20;/h4-13,15H,2-3,14,16-18H2,1H3;1H. The van der Waals surface area contributed by atoms with Gasteiger partial charge in [0.25, 0.3) is 0 Å². The molecule has 0 radical (unpaired) electrons. The summed E-state index contributed by atoms with van der Waals surface area (Å²) in [6, 6.07) is 20.7. The maximum Gasteiger partial charge on any atom is 0.318 e. The molecule has 0 bridgehead atoms. The molecule has 158 valence electrons. The van der Waals surface area contributed by atoms with Gasteiger partial charge in [0.15, 0.2) is 0 Å². The van der Waals surface area contributed by atoms with Gasteiger partial charge in [-0.25, -0.2) is 0 Å². The number of benzene rings is 2. The highest BCUT2D eigenvalue weighted by Gasteiger charge is 2.28. The minimum absolute atomic E-state index is 0. The molecule has 2 aromatic carbocycles. The van der Waals surface area contributed by atoms with Crippen LogP contribution in [-0.4, -0.2) is 22.0 Å². The summed E-state index contributed by atoms with van der Waals surface area (Å²) in [7, 11) is 0. The molecule has 0 aromatic heterocycles.